The average Bonchev–Trinajstić information content (AvgIpc) is 2.89. The molecule has 0 aliphatic heterocycles. The molecule has 3 N–H and O–H groups in total. The van der Waals surface area contributed by atoms with E-state index in [4.69, 9.17) is 0 Å². The quantitative estimate of drug-likeness (QED) is 0.491. The van der Waals surface area contributed by atoms with E-state index in [1.165, 1.54) is 16.8 Å². The Bertz CT molecular complexity index is 485. The molecular formula is C12H19N3O5. The third-order valence-corrected chi connectivity index (χ3v) is 3.33. The van der Waals surface area contributed by atoms with E-state index in [1.54, 1.807) is 13.8 Å². The van der Waals surface area contributed by atoms with E-state index in [2.05, 4.69) is 5.32 Å². The number of carbonyl (C=O) groups is 1. The molecule has 0 bridgehead atoms. The van der Waals surface area contributed by atoms with Crippen molar-refractivity contribution < 1.29 is 19.9 Å². The number of aromatic nitrogens is 1. The van der Waals surface area contributed by atoms with Gasteiger partial charge in [0.1, 0.15) is 5.69 Å². The summed E-state index contributed by atoms with van der Waals surface area (Å²) in [6.45, 7) is 3.04. The number of carbonyl (C=O) groups excluding carboxylic acids is 1. The van der Waals surface area contributed by atoms with E-state index in [0.29, 0.717) is 13.0 Å². The maximum absolute atomic E-state index is 12.2. The number of hydrogen-bond donors (Lipinski definition) is 3. The van der Waals surface area contributed by atoms with E-state index < -0.39 is 29.6 Å². The molecule has 1 rings (SSSR count). The van der Waals surface area contributed by atoms with Gasteiger partial charge in [-0.15, -0.1) is 0 Å². The number of aryl methyl sites for hydroxylation is 1. The minimum absolute atomic E-state index is 0.124. The average molecular weight is 285 g/mol. The summed E-state index contributed by atoms with van der Waals surface area (Å²) >= 11 is 0. The molecule has 0 radical (unpaired) electrons. The van der Waals surface area contributed by atoms with Crippen molar-refractivity contribution in [2.45, 2.75) is 32.4 Å². The molecule has 1 aromatic heterocycles. The van der Waals surface area contributed by atoms with Gasteiger partial charge in [0.05, 0.1) is 29.9 Å². The van der Waals surface area contributed by atoms with Crippen molar-refractivity contribution in [2.24, 2.45) is 0 Å². The first kappa shape index (κ1) is 16.1. The van der Waals surface area contributed by atoms with Crippen LogP contribution >= 0.6 is 0 Å². The Balaban J connectivity index is 3.05. The maximum atomic E-state index is 12.2. The highest BCUT2D eigenvalue weighted by Gasteiger charge is 2.30. The van der Waals surface area contributed by atoms with Gasteiger partial charge in [0.2, 0.25) is 0 Å². The molecule has 1 aromatic rings. The van der Waals surface area contributed by atoms with E-state index >= 15 is 0 Å². The standard InChI is InChI=1S/C12H19N3O5/c1-3-12(7-16,8-17)13-11(18)10-5-9(15(19)20)6-14(10)4-2/h5-6,16-17H,3-4,7-8H2,1-2H3,(H,13,18). The molecular weight excluding hydrogens is 266 g/mol. The van der Waals surface area contributed by atoms with Gasteiger partial charge in [-0.1, -0.05) is 6.92 Å². The zero-order valence-electron chi connectivity index (χ0n) is 11.5. The molecule has 8 nitrogen and oxygen atoms in total. The Morgan fingerprint density at radius 1 is 1.45 bits per heavy atom. The molecule has 0 atom stereocenters. The lowest BCUT2D eigenvalue weighted by atomic mass is 9.98. The van der Waals surface area contributed by atoms with E-state index in [9.17, 15) is 25.1 Å². The fraction of sp³-hybridized carbons (Fsp3) is 0.583. The largest absolute Gasteiger partial charge is 0.394 e. The number of nitrogens with zero attached hydrogens (tertiary/aromatic N) is 2. The van der Waals surface area contributed by atoms with Crippen LogP contribution in [0.3, 0.4) is 0 Å². The van der Waals surface area contributed by atoms with Crippen molar-refractivity contribution in [3.8, 4) is 0 Å². The van der Waals surface area contributed by atoms with Crippen LogP contribution < -0.4 is 5.32 Å². The summed E-state index contributed by atoms with van der Waals surface area (Å²) in [5.41, 5.74) is -1.18. The third kappa shape index (κ3) is 3.14. The van der Waals surface area contributed by atoms with Crippen LogP contribution in [0, 0.1) is 10.1 Å². The second-order valence-electron chi connectivity index (χ2n) is 4.53. The normalized spacial score (nSPS) is 11.4. The SMILES string of the molecule is CCn1cc([N+](=O)[O-])cc1C(=O)NC(CC)(CO)CO. The molecule has 1 heterocycles. The van der Waals surface area contributed by atoms with Crippen LogP contribution in [0.4, 0.5) is 5.69 Å². The summed E-state index contributed by atoms with van der Waals surface area (Å²) in [6.07, 6.45) is 1.61. The zero-order chi connectivity index (χ0) is 15.3. The van der Waals surface area contributed by atoms with Crippen LogP contribution in [0.15, 0.2) is 12.3 Å². The summed E-state index contributed by atoms with van der Waals surface area (Å²) in [5, 5.41) is 31.9. The van der Waals surface area contributed by atoms with Gasteiger partial charge in [-0.3, -0.25) is 14.9 Å². The number of nitrogens with one attached hydrogen (secondary N) is 1. The topological polar surface area (TPSA) is 118 Å². The molecule has 8 heteroatoms. The van der Waals surface area contributed by atoms with E-state index in [-0.39, 0.29) is 11.4 Å². The summed E-state index contributed by atoms with van der Waals surface area (Å²) in [5.74, 6) is -0.565. The number of nitro groups is 1. The molecule has 0 spiro atoms. The Labute approximate surface area is 116 Å². The Hall–Kier alpha value is -1.93. The maximum Gasteiger partial charge on any atom is 0.287 e. The first-order chi connectivity index (χ1) is 9.42. The number of rotatable bonds is 7. The first-order valence-electron chi connectivity index (χ1n) is 6.31. The highest BCUT2D eigenvalue weighted by Crippen LogP contribution is 2.18. The van der Waals surface area contributed by atoms with Gasteiger partial charge in [0.15, 0.2) is 0 Å². The van der Waals surface area contributed by atoms with Crippen LogP contribution in [0.25, 0.3) is 0 Å². The number of aliphatic hydroxyl groups excluding tert-OH is 2. The van der Waals surface area contributed by atoms with Gasteiger partial charge in [0, 0.05) is 12.6 Å². The summed E-state index contributed by atoms with van der Waals surface area (Å²) < 4.78 is 1.45. The first-order valence-corrected chi connectivity index (χ1v) is 6.31. The van der Waals surface area contributed by atoms with E-state index in [1.807, 2.05) is 0 Å². The summed E-state index contributed by atoms with van der Waals surface area (Å²) in [6, 6.07) is 1.17. The highest BCUT2D eigenvalue weighted by molar-refractivity contribution is 5.94. The predicted molar refractivity (Wildman–Crippen MR) is 71.4 cm³/mol. The molecule has 0 saturated carbocycles. The second kappa shape index (κ2) is 6.49. The third-order valence-electron chi connectivity index (χ3n) is 3.33. The van der Waals surface area contributed by atoms with Gasteiger partial charge < -0.3 is 20.1 Å². The second-order valence-corrected chi connectivity index (χ2v) is 4.53. The van der Waals surface area contributed by atoms with Crippen LogP contribution in [0.5, 0.6) is 0 Å². The van der Waals surface area contributed by atoms with Gasteiger partial charge in [0.25, 0.3) is 11.6 Å². The van der Waals surface area contributed by atoms with Gasteiger partial charge in [-0.25, -0.2) is 0 Å². The van der Waals surface area contributed by atoms with Gasteiger partial charge in [-0.05, 0) is 13.3 Å². The Morgan fingerprint density at radius 3 is 2.45 bits per heavy atom. The summed E-state index contributed by atoms with van der Waals surface area (Å²) in [4.78, 5) is 22.3. The molecule has 20 heavy (non-hydrogen) atoms. The van der Waals surface area contributed by atoms with Crippen LogP contribution in [0.1, 0.15) is 30.8 Å². The van der Waals surface area contributed by atoms with Crippen molar-refractivity contribution in [2.75, 3.05) is 13.2 Å². The van der Waals surface area contributed by atoms with E-state index in [0.717, 1.165) is 0 Å². The molecule has 0 aliphatic rings. The van der Waals surface area contributed by atoms with Crippen molar-refractivity contribution in [1.82, 2.24) is 9.88 Å². The minimum atomic E-state index is -1.13. The van der Waals surface area contributed by atoms with Crippen molar-refractivity contribution >= 4 is 11.6 Å². The fourth-order valence-corrected chi connectivity index (χ4v) is 1.79. The number of amides is 1. The molecule has 0 unspecified atom stereocenters. The lowest BCUT2D eigenvalue weighted by Gasteiger charge is -2.29. The lowest BCUT2D eigenvalue weighted by molar-refractivity contribution is -0.384. The Kier molecular flexibility index (Phi) is 5.23. The Morgan fingerprint density at radius 2 is 2.05 bits per heavy atom. The molecule has 1 amide bonds. The fourth-order valence-electron chi connectivity index (χ4n) is 1.79. The van der Waals surface area contributed by atoms with Crippen LogP contribution in [0.2, 0.25) is 0 Å². The van der Waals surface area contributed by atoms with Crippen molar-refractivity contribution in [3.05, 3.63) is 28.1 Å². The zero-order valence-corrected chi connectivity index (χ0v) is 11.5. The lowest BCUT2D eigenvalue weighted by Crippen LogP contribution is -2.54. The van der Waals surface area contributed by atoms with Gasteiger partial charge >= 0.3 is 0 Å². The molecule has 112 valence electrons. The monoisotopic (exact) mass is 285 g/mol. The smallest absolute Gasteiger partial charge is 0.287 e. The summed E-state index contributed by atoms with van der Waals surface area (Å²) in [7, 11) is 0. The van der Waals surface area contributed by atoms with Crippen molar-refractivity contribution in [1.29, 1.82) is 0 Å². The van der Waals surface area contributed by atoms with Crippen LogP contribution in [-0.4, -0.2) is 44.4 Å². The number of hydrogen-bond acceptors (Lipinski definition) is 5. The van der Waals surface area contributed by atoms with Crippen molar-refractivity contribution in [3.63, 3.8) is 0 Å². The molecule has 0 saturated heterocycles. The molecule has 0 aliphatic carbocycles. The minimum Gasteiger partial charge on any atom is -0.394 e. The molecule has 0 fully saturated rings. The molecule has 0 aromatic carbocycles. The van der Waals surface area contributed by atoms with Gasteiger partial charge in [-0.2, -0.15) is 0 Å². The number of aliphatic hydroxyl groups is 2. The highest BCUT2D eigenvalue weighted by atomic mass is 16.6. The predicted octanol–water partition coefficient (Wildman–Crippen LogP) is 0.279. The van der Waals surface area contributed by atoms with Crippen LogP contribution in [-0.2, 0) is 6.54 Å².